The standard InChI is InChI=1S/C17H17OP.C3H8/c1-11(19-2)16-12-7-3-5-9-14(12)17(18)15-10-6-4-8-13(15)16;1-3-2/h3-11,18-19H,1-2H3;3H2,1-2H3. The number of rotatable bonds is 2. The molecular weight excluding hydrogens is 287 g/mol. The lowest BCUT2D eigenvalue weighted by molar-refractivity contribution is 0.487. The average molecular weight is 312 g/mol. The first-order valence-corrected chi connectivity index (χ1v) is 9.52. The van der Waals surface area contributed by atoms with Crippen molar-refractivity contribution >= 4 is 30.1 Å². The van der Waals surface area contributed by atoms with Gasteiger partial charge in [-0.3, -0.25) is 0 Å². The molecule has 2 heteroatoms. The van der Waals surface area contributed by atoms with Crippen LogP contribution < -0.4 is 0 Å². The van der Waals surface area contributed by atoms with Gasteiger partial charge in [0, 0.05) is 10.8 Å². The molecule has 2 unspecified atom stereocenters. The lowest BCUT2D eigenvalue weighted by atomic mass is 9.94. The van der Waals surface area contributed by atoms with Gasteiger partial charge in [-0.2, -0.15) is 0 Å². The Labute approximate surface area is 135 Å². The molecule has 0 aliphatic heterocycles. The zero-order chi connectivity index (χ0) is 16.1. The molecule has 0 heterocycles. The number of benzene rings is 3. The summed E-state index contributed by atoms with van der Waals surface area (Å²) in [5.41, 5.74) is 1.88. The van der Waals surface area contributed by atoms with E-state index in [4.69, 9.17) is 0 Å². The van der Waals surface area contributed by atoms with Crippen LogP contribution in [-0.4, -0.2) is 11.8 Å². The molecule has 2 atom stereocenters. The molecule has 0 radical (unpaired) electrons. The van der Waals surface area contributed by atoms with Crippen molar-refractivity contribution in [2.45, 2.75) is 32.9 Å². The second-order valence-electron chi connectivity index (χ2n) is 5.57. The third-order valence-electron chi connectivity index (χ3n) is 3.81. The van der Waals surface area contributed by atoms with Gasteiger partial charge in [-0.05, 0) is 28.7 Å². The summed E-state index contributed by atoms with van der Waals surface area (Å²) in [4.78, 5) is 0. The SMILES string of the molecule is CCC.CPC(C)c1c2ccccc2c(O)c2ccccc12. The van der Waals surface area contributed by atoms with E-state index in [0.29, 0.717) is 11.4 Å². The van der Waals surface area contributed by atoms with Crippen LogP contribution in [0.25, 0.3) is 21.5 Å². The van der Waals surface area contributed by atoms with Gasteiger partial charge in [0.1, 0.15) is 5.75 Å². The van der Waals surface area contributed by atoms with Crippen LogP contribution in [0.1, 0.15) is 38.4 Å². The normalized spacial score (nSPS) is 12.5. The molecule has 1 nitrogen and oxygen atoms in total. The molecule has 0 spiro atoms. The number of aromatic hydroxyl groups is 1. The van der Waals surface area contributed by atoms with Crippen LogP contribution in [0.15, 0.2) is 48.5 Å². The van der Waals surface area contributed by atoms with Crippen LogP contribution in [-0.2, 0) is 0 Å². The molecule has 0 aliphatic rings. The fraction of sp³-hybridized carbons (Fsp3) is 0.300. The van der Waals surface area contributed by atoms with E-state index in [1.54, 1.807) is 0 Å². The van der Waals surface area contributed by atoms with Gasteiger partial charge in [0.25, 0.3) is 0 Å². The third-order valence-corrected chi connectivity index (χ3v) is 4.97. The number of phenolic OH excluding ortho intramolecular Hbond substituents is 1. The topological polar surface area (TPSA) is 20.2 Å². The van der Waals surface area contributed by atoms with E-state index < -0.39 is 0 Å². The minimum absolute atomic E-state index is 0.404. The van der Waals surface area contributed by atoms with Crippen LogP contribution in [0.2, 0.25) is 0 Å². The monoisotopic (exact) mass is 312 g/mol. The summed E-state index contributed by atoms with van der Waals surface area (Å²) < 4.78 is 0. The van der Waals surface area contributed by atoms with Crippen LogP contribution in [0.5, 0.6) is 5.75 Å². The number of phenols is 1. The molecule has 3 aromatic rings. The maximum atomic E-state index is 10.5. The fourth-order valence-electron chi connectivity index (χ4n) is 2.75. The predicted molar refractivity (Wildman–Crippen MR) is 102 cm³/mol. The molecule has 0 saturated heterocycles. The molecule has 0 amide bonds. The minimum Gasteiger partial charge on any atom is -0.507 e. The summed E-state index contributed by atoms with van der Waals surface area (Å²) in [6.45, 7) is 8.75. The molecule has 0 saturated carbocycles. The molecule has 0 bridgehead atoms. The number of fused-ring (bicyclic) bond motifs is 2. The average Bonchev–Trinajstić information content (AvgIpc) is 2.56. The first-order chi connectivity index (χ1) is 10.7. The van der Waals surface area contributed by atoms with Crippen molar-refractivity contribution in [3.63, 3.8) is 0 Å². The summed E-state index contributed by atoms with van der Waals surface area (Å²) in [7, 11) is 0.851. The molecule has 0 fully saturated rings. The van der Waals surface area contributed by atoms with Gasteiger partial charge in [0.15, 0.2) is 0 Å². The highest BCUT2D eigenvalue weighted by atomic mass is 31.1. The van der Waals surface area contributed by atoms with Crippen molar-refractivity contribution in [2.24, 2.45) is 0 Å². The first kappa shape index (κ1) is 16.8. The molecule has 3 aromatic carbocycles. The van der Waals surface area contributed by atoms with Crippen LogP contribution in [0.4, 0.5) is 0 Å². The van der Waals surface area contributed by atoms with Gasteiger partial charge >= 0.3 is 0 Å². The zero-order valence-electron chi connectivity index (χ0n) is 13.9. The smallest absolute Gasteiger partial charge is 0.131 e. The Balaban J connectivity index is 0.000000545. The highest BCUT2D eigenvalue weighted by Gasteiger charge is 2.15. The molecule has 0 aromatic heterocycles. The van der Waals surface area contributed by atoms with Crippen LogP contribution in [0, 0.1) is 0 Å². The van der Waals surface area contributed by atoms with E-state index in [0.717, 1.165) is 19.4 Å². The molecule has 1 N–H and O–H groups in total. The first-order valence-electron chi connectivity index (χ1n) is 7.95. The summed E-state index contributed by atoms with van der Waals surface area (Å²) in [5.74, 6) is 0.404. The highest BCUT2D eigenvalue weighted by molar-refractivity contribution is 7.37. The Morgan fingerprint density at radius 2 is 1.23 bits per heavy atom. The summed E-state index contributed by atoms with van der Waals surface area (Å²) in [5, 5.41) is 14.8. The highest BCUT2D eigenvalue weighted by Crippen LogP contribution is 2.44. The van der Waals surface area contributed by atoms with E-state index in [9.17, 15) is 5.11 Å². The Hall–Kier alpha value is -1.59. The largest absolute Gasteiger partial charge is 0.507 e. The van der Waals surface area contributed by atoms with Gasteiger partial charge in [-0.25, -0.2) is 0 Å². The summed E-state index contributed by atoms with van der Waals surface area (Å²) in [6, 6.07) is 16.3. The van der Waals surface area contributed by atoms with Gasteiger partial charge in [-0.1, -0.05) is 75.7 Å². The van der Waals surface area contributed by atoms with Crippen molar-refractivity contribution in [1.29, 1.82) is 0 Å². The summed E-state index contributed by atoms with van der Waals surface area (Å²) >= 11 is 0. The van der Waals surface area contributed by atoms with Crippen molar-refractivity contribution in [3.05, 3.63) is 54.1 Å². The second kappa shape index (κ2) is 7.61. The van der Waals surface area contributed by atoms with E-state index in [1.165, 1.54) is 22.8 Å². The van der Waals surface area contributed by atoms with Crippen LogP contribution >= 0.6 is 8.58 Å². The number of hydrogen-bond donors (Lipinski definition) is 1. The lowest BCUT2D eigenvalue weighted by Crippen LogP contribution is -1.92. The minimum atomic E-state index is 0.404. The van der Waals surface area contributed by atoms with Gasteiger partial charge in [0.05, 0.1) is 0 Å². The van der Waals surface area contributed by atoms with Gasteiger partial charge in [0.2, 0.25) is 0 Å². The number of hydrogen-bond acceptors (Lipinski definition) is 1. The van der Waals surface area contributed by atoms with Gasteiger partial charge in [-0.15, -0.1) is 8.58 Å². The van der Waals surface area contributed by atoms with Crippen molar-refractivity contribution in [2.75, 3.05) is 6.66 Å². The summed E-state index contributed by atoms with van der Waals surface area (Å²) in [6.07, 6.45) is 1.25. The second-order valence-corrected chi connectivity index (χ2v) is 7.01. The van der Waals surface area contributed by atoms with Crippen molar-refractivity contribution in [3.8, 4) is 5.75 Å². The molecule has 116 valence electrons. The zero-order valence-corrected chi connectivity index (χ0v) is 14.9. The predicted octanol–water partition coefficient (Wildman–Crippen LogP) is 6.48. The Morgan fingerprint density at radius 3 is 1.59 bits per heavy atom. The molecule has 0 aliphatic carbocycles. The van der Waals surface area contributed by atoms with Crippen molar-refractivity contribution < 1.29 is 5.11 Å². The molecule has 3 rings (SSSR count). The third kappa shape index (κ3) is 3.10. The van der Waals surface area contributed by atoms with Crippen molar-refractivity contribution in [1.82, 2.24) is 0 Å². The van der Waals surface area contributed by atoms with E-state index in [1.807, 2.05) is 36.4 Å². The van der Waals surface area contributed by atoms with E-state index >= 15 is 0 Å². The van der Waals surface area contributed by atoms with Crippen LogP contribution in [0.3, 0.4) is 0 Å². The lowest BCUT2D eigenvalue weighted by Gasteiger charge is -2.18. The fourth-order valence-corrected chi connectivity index (χ4v) is 3.35. The Bertz CT molecular complexity index is 707. The molecular formula is C20H25OP. The van der Waals surface area contributed by atoms with Gasteiger partial charge < -0.3 is 5.11 Å². The Kier molecular flexibility index (Phi) is 5.80. The molecule has 22 heavy (non-hydrogen) atoms. The Morgan fingerprint density at radius 1 is 0.864 bits per heavy atom. The maximum absolute atomic E-state index is 10.5. The quantitative estimate of drug-likeness (QED) is 0.424. The van der Waals surface area contributed by atoms with E-state index in [-0.39, 0.29) is 0 Å². The maximum Gasteiger partial charge on any atom is 0.131 e. The van der Waals surface area contributed by atoms with E-state index in [2.05, 4.69) is 39.6 Å².